The molecule has 2 heterocycles. The molecule has 1 aliphatic rings. The molecule has 0 spiro atoms. The lowest BCUT2D eigenvalue weighted by atomic mass is 9.93. The maximum Gasteiger partial charge on any atom is 0.375 e. The Morgan fingerprint density at radius 3 is 2.33 bits per heavy atom. The molecule has 15 nitrogen and oxygen atoms in total. The monoisotopic (exact) mass is 671 g/mol. The molecule has 0 radical (unpaired) electrons. The Morgan fingerprint density at radius 1 is 1.00 bits per heavy atom. The standard InChI is InChI=1S/C27H18ClN5O10S2/c1-43-27(38)24(36)20(23(35)25-31-17-10-14(28)18(44(29,39)40)11-19(17)45(41,42)33-25)21-26(37)32-16-9-13(7-8-15(16)30-21)22(34)12-5-3-2-4-6-12/h2-11,20H,1H3,(H,31,33)(H,32,37)(H2,29,39,40)/t20-/m0/s1. The number of amidine groups is 1. The number of methoxy groups -OCH3 is 1. The number of benzene rings is 3. The summed E-state index contributed by atoms with van der Waals surface area (Å²) < 4.78 is 57.4. The number of esters is 1. The van der Waals surface area contributed by atoms with Gasteiger partial charge in [-0.2, -0.15) is 8.42 Å². The van der Waals surface area contributed by atoms with Crippen LogP contribution in [0.2, 0.25) is 5.02 Å². The van der Waals surface area contributed by atoms with Gasteiger partial charge in [0, 0.05) is 11.1 Å². The van der Waals surface area contributed by atoms with Crippen molar-refractivity contribution in [2.24, 2.45) is 9.54 Å². The van der Waals surface area contributed by atoms with Crippen LogP contribution in [0.3, 0.4) is 0 Å². The largest absolute Gasteiger partial charge is 0.463 e. The molecule has 1 aromatic heterocycles. The fraction of sp³-hybridized carbons (Fsp3) is 0.0741. The SMILES string of the molecule is COC(=O)C(=O)[C@H](C(=O)C1=NS(=O)(=O)c2cc(S(N)(=O)=O)c(Cl)cc2N1)c1nc2ccc(C(=O)c3ccccc3)cc2[nH]c1=O. The lowest BCUT2D eigenvalue weighted by Crippen LogP contribution is -2.41. The summed E-state index contributed by atoms with van der Waals surface area (Å²) in [5.41, 5.74) is -1.73. The number of aromatic amines is 1. The van der Waals surface area contributed by atoms with Gasteiger partial charge in [-0.3, -0.25) is 19.2 Å². The van der Waals surface area contributed by atoms with Crippen LogP contribution in [0.15, 0.2) is 79.6 Å². The molecule has 0 saturated carbocycles. The topological polar surface area (TPSA) is 242 Å². The number of aromatic nitrogens is 2. The fourth-order valence-corrected chi connectivity index (χ4v) is 6.71. The van der Waals surface area contributed by atoms with Crippen molar-refractivity contribution in [1.29, 1.82) is 0 Å². The first-order chi connectivity index (χ1) is 21.1. The van der Waals surface area contributed by atoms with E-state index in [-0.39, 0.29) is 22.4 Å². The maximum absolute atomic E-state index is 13.7. The third-order valence-corrected chi connectivity index (χ3v) is 9.21. The summed E-state index contributed by atoms with van der Waals surface area (Å²) in [6, 6.07) is 13.8. The van der Waals surface area contributed by atoms with Gasteiger partial charge < -0.3 is 15.0 Å². The van der Waals surface area contributed by atoms with Crippen LogP contribution >= 0.6 is 11.6 Å². The minimum Gasteiger partial charge on any atom is -0.463 e. The van der Waals surface area contributed by atoms with E-state index >= 15 is 0 Å². The van der Waals surface area contributed by atoms with Crippen LogP contribution in [0.1, 0.15) is 27.5 Å². The number of Topliss-reactive ketones (excluding diaryl/α,β-unsaturated/α-hetero) is 2. The normalized spacial score (nSPS) is 14.4. The van der Waals surface area contributed by atoms with E-state index in [9.17, 15) is 40.8 Å². The van der Waals surface area contributed by atoms with Gasteiger partial charge in [0.2, 0.25) is 15.8 Å². The summed E-state index contributed by atoms with van der Waals surface area (Å²) >= 11 is 5.97. The average molecular weight is 672 g/mol. The van der Waals surface area contributed by atoms with Crippen LogP contribution in [0.5, 0.6) is 0 Å². The summed E-state index contributed by atoms with van der Waals surface area (Å²) in [5.74, 6) is -8.34. The number of rotatable bonds is 8. The number of hydrogen-bond acceptors (Lipinski definition) is 12. The van der Waals surface area contributed by atoms with Crippen molar-refractivity contribution < 1.29 is 40.8 Å². The molecule has 1 aliphatic heterocycles. The second-order valence-corrected chi connectivity index (χ2v) is 12.9. The molecule has 4 aromatic rings. The van der Waals surface area contributed by atoms with E-state index in [2.05, 4.69) is 24.4 Å². The van der Waals surface area contributed by atoms with Crippen LogP contribution < -0.4 is 16.0 Å². The van der Waals surface area contributed by atoms with Gasteiger partial charge in [0.05, 0.1) is 28.9 Å². The van der Waals surface area contributed by atoms with Gasteiger partial charge in [0.1, 0.15) is 21.4 Å². The van der Waals surface area contributed by atoms with Crippen molar-refractivity contribution in [3.63, 3.8) is 0 Å². The van der Waals surface area contributed by atoms with Crippen molar-refractivity contribution in [1.82, 2.24) is 9.97 Å². The molecule has 0 saturated heterocycles. The van der Waals surface area contributed by atoms with Crippen molar-refractivity contribution in [3.05, 3.63) is 92.9 Å². The summed E-state index contributed by atoms with van der Waals surface area (Å²) in [6.45, 7) is 0. The maximum atomic E-state index is 13.7. The molecular weight excluding hydrogens is 654 g/mol. The Morgan fingerprint density at radius 2 is 1.69 bits per heavy atom. The molecule has 3 aromatic carbocycles. The summed E-state index contributed by atoms with van der Waals surface area (Å²) in [4.78, 5) is 70.2. The number of nitrogens with two attached hydrogens (primary N) is 1. The molecule has 18 heteroatoms. The number of nitrogens with zero attached hydrogens (tertiary/aromatic N) is 2. The summed E-state index contributed by atoms with van der Waals surface area (Å²) in [6.07, 6.45) is 0. The Hall–Kier alpha value is -5.10. The average Bonchev–Trinajstić information content (AvgIpc) is 2.99. The number of H-pyrrole nitrogens is 1. The Bertz CT molecular complexity index is 2290. The van der Waals surface area contributed by atoms with E-state index in [4.69, 9.17) is 16.7 Å². The molecule has 5 rings (SSSR count). The number of fused-ring (bicyclic) bond motifs is 2. The number of nitrogens with one attached hydrogen (secondary N) is 2. The highest BCUT2D eigenvalue weighted by Crippen LogP contribution is 2.35. The van der Waals surface area contributed by atoms with E-state index in [1.165, 1.54) is 18.2 Å². The molecule has 230 valence electrons. The zero-order chi connectivity index (χ0) is 32.8. The van der Waals surface area contributed by atoms with E-state index in [0.29, 0.717) is 11.6 Å². The predicted molar refractivity (Wildman–Crippen MR) is 158 cm³/mol. The molecule has 0 aliphatic carbocycles. The van der Waals surface area contributed by atoms with Crippen LogP contribution in [-0.2, 0) is 39.2 Å². The summed E-state index contributed by atoms with van der Waals surface area (Å²) in [5, 5.41) is 6.92. The van der Waals surface area contributed by atoms with Crippen molar-refractivity contribution >= 4 is 77.5 Å². The number of hydrogen-bond donors (Lipinski definition) is 3. The van der Waals surface area contributed by atoms with Crippen molar-refractivity contribution in [3.8, 4) is 0 Å². The van der Waals surface area contributed by atoms with E-state index in [1.807, 2.05) is 0 Å². The number of ether oxygens (including phenoxy) is 1. The van der Waals surface area contributed by atoms with E-state index in [0.717, 1.165) is 13.2 Å². The third kappa shape index (κ3) is 5.88. The van der Waals surface area contributed by atoms with Crippen LogP contribution in [0, 0.1) is 0 Å². The minimum absolute atomic E-state index is 0.00323. The highest BCUT2D eigenvalue weighted by atomic mass is 35.5. The second kappa shape index (κ2) is 11.4. The molecule has 0 unspecified atom stereocenters. The van der Waals surface area contributed by atoms with Gasteiger partial charge >= 0.3 is 5.97 Å². The number of ketones is 3. The van der Waals surface area contributed by atoms with Crippen LogP contribution in [-0.4, -0.2) is 63.1 Å². The van der Waals surface area contributed by atoms with E-state index < -0.39 is 81.1 Å². The molecular formula is C27H18ClN5O10S2. The predicted octanol–water partition coefficient (Wildman–Crippen LogP) is 1.06. The smallest absolute Gasteiger partial charge is 0.375 e. The third-order valence-electron chi connectivity index (χ3n) is 6.52. The first-order valence-corrected chi connectivity index (χ1v) is 15.8. The first kappa shape index (κ1) is 31.3. The number of carbonyl (C=O) groups is 4. The van der Waals surface area contributed by atoms with E-state index in [1.54, 1.807) is 30.3 Å². The first-order valence-electron chi connectivity index (χ1n) is 12.4. The van der Waals surface area contributed by atoms with Gasteiger partial charge in [0.15, 0.2) is 11.6 Å². The Balaban J connectivity index is 1.60. The molecule has 45 heavy (non-hydrogen) atoms. The lowest BCUT2D eigenvalue weighted by molar-refractivity contribution is -0.153. The minimum atomic E-state index is -4.82. The number of primary sulfonamides is 1. The second-order valence-electron chi connectivity index (χ2n) is 9.40. The Labute approximate surface area is 258 Å². The fourth-order valence-electron chi connectivity index (χ4n) is 4.41. The number of anilines is 1. The van der Waals surface area contributed by atoms with Gasteiger partial charge in [-0.15, -0.1) is 4.40 Å². The lowest BCUT2D eigenvalue weighted by Gasteiger charge is -2.21. The zero-order valence-corrected chi connectivity index (χ0v) is 25.0. The van der Waals surface area contributed by atoms with Gasteiger partial charge in [-0.05, 0) is 30.3 Å². The Kier molecular flexibility index (Phi) is 7.96. The van der Waals surface area contributed by atoms with Gasteiger partial charge in [-0.25, -0.2) is 23.3 Å². The molecule has 1 atom stereocenters. The highest BCUT2D eigenvalue weighted by Gasteiger charge is 2.42. The van der Waals surface area contributed by atoms with Gasteiger partial charge in [-0.1, -0.05) is 41.9 Å². The number of halogens is 1. The van der Waals surface area contributed by atoms with Crippen LogP contribution in [0.25, 0.3) is 11.0 Å². The van der Waals surface area contributed by atoms with Crippen LogP contribution in [0.4, 0.5) is 5.69 Å². The summed E-state index contributed by atoms with van der Waals surface area (Å²) in [7, 11) is -8.45. The van der Waals surface area contributed by atoms with Gasteiger partial charge in [0.25, 0.3) is 21.4 Å². The number of carbonyl (C=O) groups excluding carboxylic acids is 4. The zero-order valence-electron chi connectivity index (χ0n) is 22.6. The quantitative estimate of drug-likeness (QED) is 0.103. The van der Waals surface area contributed by atoms with Crippen molar-refractivity contribution in [2.75, 3.05) is 12.4 Å². The molecule has 0 amide bonds. The molecule has 0 fully saturated rings. The molecule has 0 bridgehead atoms. The molecule has 4 N–H and O–H groups in total. The number of sulfonamides is 2. The highest BCUT2D eigenvalue weighted by molar-refractivity contribution is 7.91. The van der Waals surface area contributed by atoms with Crippen molar-refractivity contribution in [2.45, 2.75) is 15.7 Å².